The first kappa shape index (κ1) is 21.9. The van der Waals surface area contributed by atoms with E-state index in [0.29, 0.717) is 0 Å². The van der Waals surface area contributed by atoms with Gasteiger partial charge in [-0.05, 0) is 47.9 Å². The molecule has 4 nitrogen and oxygen atoms in total. The Labute approximate surface area is 181 Å². The Kier molecular flexibility index (Phi) is 7.04. The monoisotopic (exact) mass is 459 g/mol. The average Bonchev–Trinajstić information content (AvgIpc) is 3.10. The van der Waals surface area contributed by atoms with Gasteiger partial charge in [0.25, 0.3) is 0 Å². The van der Waals surface area contributed by atoms with Crippen molar-refractivity contribution in [3.05, 3.63) is 63.8 Å². The molecule has 156 valence electrons. The second-order valence-corrected chi connectivity index (χ2v) is 9.08. The fraction of sp³-hybridized carbons (Fsp3) is 0.417. The molecule has 0 saturated carbocycles. The third-order valence-corrected chi connectivity index (χ3v) is 6.06. The number of nitrogens with one attached hydrogen (secondary N) is 1. The second kappa shape index (κ2) is 9.33. The first-order valence-corrected chi connectivity index (χ1v) is 10.9. The van der Waals surface area contributed by atoms with Crippen molar-refractivity contribution in [2.24, 2.45) is 5.41 Å². The maximum atomic E-state index is 9.41. The summed E-state index contributed by atoms with van der Waals surface area (Å²) in [6.07, 6.45) is 2.14. The molecule has 3 aromatic rings. The highest BCUT2D eigenvalue weighted by atomic mass is 79.9. The van der Waals surface area contributed by atoms with Crippen LogP contribution < -0.4 is 4.74 Å². The van der Waals surface area contributed by atoms with Crippen LogP contribution in [-0.4, -0.2) is 35.0 Å². The van der Waals surface area contributed by atoms with Gasteiger partial charge in [0.05, 0.1) is 19.8 Å². The topological polar surface area (TPSA) is 65.5 Å². The highest BCUT2D eigenvalue weighted by Gasteiger charge is 2.23. The van der Waals surface area contributed by atoms with Crippen LogP contribution in [0.4, 0.5) is 0 Å². The lowest BCUT2D eigenvalue weighted by atomic mass is 9.92. The molecule has 29 heavy (non-hydrogen) atoms. The smallest absolute Gasteiger partial charge is 0.119 e. The van der Waals surface area contributed by atoms with Crippen LogP contribution in [-0.2, 0) is 6.42 Å². The van der Waals surface area contributed by atoms with Crippen molar-refractivity contribution in [1.29, 1.82) is 0 Å². The summed E-state index contributed by atoms with van der Waals surface area (Å²) in [6, 6.07) is 14.5. The van der Waals surface area contributed by atoms with Gasteiger partial charge in [0.15, 0.2) is 0 Å². The zero-order valence-electron chi connectivity index (χ0n) is 17.3. The standard InChI is InChI=1S/C24H30BrNO3/c1-4-5-20-21-12-18(25)8-11-22(21)26-23(20)16(2)17-6-9-19(10-7-17)29-15-24(3,13-27)14-28/h6-12,16,26-28H,4-5,13-15H2,1-3H3. The minimum absolute atomic E-state index is 0.116. The van der Waals surface area contributed by atoms with Crippen molar-refractivity contribution in [1.82, 2.24) is 4.98 Å². The number of benzene rings is 2. The number of aryl methyl sites for hydroxylation is 1. The minimum atomic E-state index is -0.639. The summed E-state index contributed by atoms with van der Waals surface area (Å²) >= 11 is 3.60. The number of rotatable bonds is 9. The zero-order valence-corrected chi connectivity index (χ0v) is 18.9. The molecular weight excluding hydrogens is 430 g/mol. The molecule has 1 atom stereocenters. The highest BCUT2D eigenvalue weighted by molar-refractivity contribution is 9.10. The lowest BCUT2D eigenvalue weighted by molar-refractivity contribution is 0.0287. The van der Waals surface area contributed by atoms with E-state index in [1.165, 1.54) is 27.7 Å². The highest BCUT2D eigenvalue weighted by Crippen LogP contribution is 2.34. The summed E-state index contributed by atoms with van der Waals surface area (Å²) in [5, 5.41) is 20.1. The van der Waals surface area contributed by atoms with E-state index in [-0.39, 0.29) is 25.7 Å². The maximum Gasteiger partial charge on any atom is 0.119 e. The number of ether oxygens (including phenoxy) is 1. The number of fused-ring (bicyclic) bond motifs is 1. The third kappa shape index (κ3) is 4.85. The van der Waals surface area contributed by atoms with E-state index in [0.717, 1.165) is 23.1 Å². The number of halogens is 1. The molecule has 1 heterocycles. The van der Waals surface area contributed by atoms with Crippen molar-refractivity contribution >= 4 is 26.8 Å². The molecule has 3 rings (SSSR count). The molecule has 0 fully saturated rings. The summed E-state index contributed by atoms with van der Waals surface area (Å²) in [5.74, 6) is 0.973. The lowest BCUT2D eigenvalue weighted by Crippen LogP contribution is -2.32. The van der Waals surface area contributed by atoms with Crippen molar-refractivity contribution < 1.29 is 14.9 Å². The van der Waals surface area contributed by atoms with Crippen molar-refractivity contribution in [2.75, 3.05) is 19.8 Å². The van der Waals surface area contributed by atoms with Gasteiger partial charge in [-0.3, -0.25) is 0 Å². The van der Waals surface area contributed by atoms with Crippen LogP contribution in [0.15, 0.2) is 46.9 Å². The Balaban J connectivity index is 1.83. The number of aliphatic hydroxyl groups excluding tert-OH is 2. The predicted molar refractivity (Wildman–Crippen MR) is 122 cm³/mol. The lowest BCUT2D eigenvalue weighted by Gasteiger charge is -2.24. The molecular formula is C24H30BrNO3. The molecule has 0 radical (unpaired) electrons. The van der Waals surface area contributed by atoms with Crippen LogP contribution in [0.1, 0.15) is 49.9 Å². The normalized spacial score (nSPS) is 13.0. The Morgan fingerprint density at radius 2 is 1.79 bits per heavy atom. The van der Waals surface area contributed by atoms with Gasteiger partial charge in [-0.1, -0.05) is 55.3 Å². The molecule has 0 aliphatic carbocycles. The molecule has 5 heteroatoms. The largest absolute Gasteiger partial charge is 0.493 e. The molecule has 0 aliphatic rings. The first-order valence-electron chi connectivity index (χ1n) is 10.1. The zero-order chi connectivity index (χ0) is 21.0. The summed E-state index contributed by atoms with van der Waals surface area (Å²) < 4.78 is 6.88. The summed E-state index contributed by atoms with van der Waals surface area (Å²) in [6.45, 7) is 6.28. The Hall–Kier alpha value is -1.82. The van der Waals surface area contributed by atoms with Crippen LogP contribution in [0.25, 0.3) is 10.9 Å². The fourth-order valence-electron chi connectivity index (χ4n) is 3.55. The Bertz CT molecular complexity index is 945. The van der Waals surface area contributed by atoms with Crippen LogP contribution in [0, 0.1) is 5.41 Å². The minimum Gasteiger partial charge on any atom is -0.493 e. The SMILES string of the molecule is CCCc1c(C(C)c2ccc(OCC(C)(CO)CO)cc2)[nH]c2ccc(Br)cc12. The van der Waals surface area contributed by atoms with Gasteiger partial charge in [0.1, 0.15) is 5.75 Å². The summed E-state index contributed by atoms with van der Waals surface area (Å²) in [7, 11) is 0. The van der Waals surface area contributed by atoms with Gasteiger partial charge in [0.2, 0.25) is 0 Å². The summed E-state index contributed by atoms with van der Waals surface area (Å²) in [5.41, 5.74) is 4.40. The van der Waals surface area contributed by atoms with Crippen LogP contribution >= 0.6 is 15.9 Å². The molecule has 0 spiro atoms. The van der Waals surface area contributed by atoms with E-state index < -0.39 is 5.41 Å². The van der Waals surface area contributed by atoms with Gasteiger partial charge < -0.3 is 19.9 Å². The molecule has 0 amide bonds. The van der Waals surface area contributed by atoms with E-state index in [1.54, 1.807) is 6.92 Å². The maximum absolute atomic E-state index is 9.41. The molecule has 2 aromatic carbocycles. The predicted octanol–water partition coefficient (Wildman–Crippen LogP) is 5.40. The molecule has 1 unspecified atom stereocenters. The van der Waals surface area contributed by atoms with Gasteiger partial charge >= 0.3 is 0 Å². The average molecular weight is 460 g/mol. The van der Waals surface area contributed by atoms with Gasteiger partial charge in [-0.2, -0.15) is 0 Å². The van der Waals surface area contributed by atoms with E-state index >= 15 is 0 Å². The molecule has 0 aliphatic heterocycles. The van der Waals surface area contributed by atoms with Gasteiger partial charge in [-0.25, -0.2) is 0 Å². The van der Waals surface area contributed by atoms with Crippen molar-refractivity contribution in [3.8, 4) is 5.75 Å². The number of aliphatic hydroxyl groups is 2. The van der Waals surface area contributed by atoms with Crippen molar-refractivity contribution in [2.45, 2.75) is 39.5 Å². The van der Waals surface area contributed by atoms with Gasteiger partial charge in [0, 0.05) is 32.4 Å². The van der Waals surface area contributed by atoms with Gasteiger partial charge in [-0.15, -0.1) is 0 Å². The number of hydrogen-bond donors (Lipinski definition) is 3. The van der Waals surface area contributed by atoms with Crippen LogP contribution in [0.3, 0.4) is 0 Å². The quantitative estimate of drug-likeness (QED) is 0.400. The third-order valence-electron chi connectivity index (χ3n) is 5.57. The molecule has 3 N–H and O–H groups in total. The van der Waals surface area contributed by atoms with Crippen LogP contribution in [0.5, 0.6) is 5.75 Å². The second-order valence-electron chi connectivity index (χ2n) is 8.16. The molecule has 1 aromatic heterocycles. The molecule has 0 bridgehead atoms. The summed E-state index contributed by atoms with van der Waals surface area (Å²) in [4.78, 5) is 3.64. The van der Waals surface area contributed by atoms with Crippen LogP contribution in [0.2, 0.25) is 0 Å². The number of aromatic amines is 1. The Morgan fingerprint density at radius 3 is 2.41 bits per heavy atom. The number of hydrogen-bond acceptors (Lipinski definition) is 3. The van der Waals surface area contributed by atoms with E-state index in [4.69, 9.17) is 4.74 Å². The first-order chi connectivity index (χ1) is 13.9. The number of aromatic nitrogens is 1. The number of H-pyrrole nitrogens is 1. The van der Waals surface area contributed by atoms with E-state index in [9.17, 15) is 10.2 Å². The van der Waals surface area contributed by atoms with E-state index in [2.05, 4.69) is 65.1 Å². The van der Waals surface area contributed by atoms with E-state index in [1.807, 2.05) is 12.1 Å². The van der Waals surface area contributed by atoms with Crippen molar-refractivity contribution in [3.63, 3.8) is 0 Å². The Morgan fingerprint density at radius 1 is 1.10 bits per heavy atom. The molecule has 0 saturated heterocycles. The fourth-order valence-corrected chi connectivity index (χ4v) is 3.91.